The van der Waals surface area contributed by atoms with E-state index in [1.807, 2.05) is 0 Å². The highest BCUT2D eigenvalue weighted by Gasteiger charge is 2.14. The average molecular weight is 247 g/mol. The van der Waals surface area contributed by atoms with E-state index in [1.165, 1.54) is 48.9 Å². The maximum absolute atomic E-state index is 5.48. The number of rotatable bonds is 4. The van der Waals surface area contributed by atoms with Crippen LogP contribution in [0.2, 0.25) is 0 Å². The number of aryl methyl sites for hydroxylation is 2. The molecule has 0 saturated heterocycles. The summed E-state index contributed by atoms with van der Waals surface area (Å²) in [4.78, 5) is 0. The van der Waals surface area contributed by atoms with Crippen molar-refractivity contribution in [3.8, 4) is 5.75 Å². The van der Waals surface area contributed by atoms with Crippen molar-refractivity contribution in [3.63, 3.8) is 0 Å². The van der Waals surface area contributed by atoms with E-state index < -0.39 is 0 Å². The maximum atomic E-state index is 5.48. The predicted molar refractivity (Wildman–Crippen MR) is 77.5 cm³/mol. The van der Waals surface area contributed by atoms with Gasteiger partial charge in [-0.05, 0) is 49.8 Å². The molecule has 1 aromatic rings. The van der Waals surface area contributed by atoms with Gasteiger partial charge in [0.05, 0.1) is 12.8 Å². The number of ether oxygens (including phenoxy) is 1. The predicted octanol–water partition coefficient (Wildman–Crippen LogP) is 4.30. The van der Waals surface area contributed by atoms with Crippen LogP contribution in [0.4, 0.5) is 5.69 Å². The Kier molecular flexibility index (Phi) is 4.51. The first kappa shape index (κ1) is 13.3. The largest absolute Gasteiger partial charge is 0.495 e. The molecule has 0 radical (unpaired) electrons. The number of nitrogens with one attached hydrogen (secondary N) is 1. The topological polar surface area (TPSA) is 21.3 Å². The van der Waals surface area contributed by atoms with Gasteiger partial charge in [0.15, 0.2) is 0 Å². The molecular formula is C16H25NO. The van der Waals surface area contributed by atoms with E-state index in [-0.39, 0.29) is 0 Å². The zero-order valence-electron chi connectivity index (χ0n) is 11.9. The second kappa shape index (κ2) is 6.12. The van der Waals surface area contributed by atoms with Gasteiger partial charge in [-0.15, -0.1) is 0 Å². The summed E-state index contributed by atoms with van der Waals surface area (Å²) in [6.45, 7) is 5.35. The molecule has 1 aromatic carbocycles. The van der Waals surface area contributed by atoms with Crippen LogP contribution in [-0.2, 0) is 0 Å². The third-order valence-corrected chi connectivity index (χ3v) is 3.96. The van der Waals surface area contributed by atoms with Gasteiger partial charge in [0.25, 0.3) is 0 Å². The molecule has 1 N–H and O–H groups in total. The third-order valence-electron chi connectivity index (χ3n) is 3.96. The molecule has 0 aromatic heterocycles. The Balaban J connectivity index is 2.03. The lowest BCUT2D eigenvalue weighted by Crippen LogP contribution is -2.18. The molecular weight excluding hydrogens is 222 g/mol. The molecule has 100 valence electrons. The van der Waals surface area contributed by atoms with Crippen LogP contribution in [0.1, 0.15) is 43.2 Å². The molecule has 0 unspecified atom stereocenters. The fraction of sp³-hybridized carbons (Fsp3) is 0.625. The van der Waals surface area contributed by atoms with Gasteiger partial charge in [0.2, 0.25) is 0 Å². The summed E-state index contributed by atoms with van der Waals surface area (Å²) < 4.78 is 5.48. The molecule has 1 aliphatic carbocycles. The van der Waals surface area contributed by atoms with Crippen molar-refractivity contribution in [2.45, 2.75) is 46.0 Å². The zero-order chi connectivity index (χ0) is 13.0. The van der Waals surface area contributed by atoms with Gasteiger partial charge in [-0.3, -0.25) is 0 Å². The van der Waals surface area contributed by atoms with E-state index in [2.05, 4.69) is 31.3 Å². The van der Waals surface area contributed by atoms with E-state index in [1.54, 1.807) is 7.11 Å². The van der Waals surface area contributed by atoms with Crippen LogP contribution < -0.4 is 10.1 Å². The molecule has 1 saturated carbocycles. The Labute approximate surface area is 111 Å². The first-order chi connectivity index (χ1) is 8.70. The Morgan fingerprint density at radius 1 is 1.17 bits per heavy atom. The number of benzene rings is 1. The summed E-state index contributed by atoms with van der Waals surface area (Å²) in [5, 5.41) is 3.60. The van der Waals surface area contributed by atoms with Crippen LogP contribution in [-0.4, -0.2) is 13.7 Å². The first-order valence-corrected chi connectivity index (χ1v) is 7.10. The number of methoxy groups -OCH3 is 1. The van der Waals surface area contributed by atoms with Gasteiger partial charge < -0.3 is 10.1 Å². The average Bonchev–Trinajstić information content (AvgIpc) is 2.38. The van der Waals surface area contributed by atoms with Crippen LogP contribution in [0.3, 0.4) is 0 Å². The summed E-state index contributed by atoms with van der Waals surface area (Å²) in [5.41, 5.74) is 3.71. The van der Waals surface area contributed by atoms with Crippen molar-refractivity contribution in [2.75, 3.05) is 19.0 Å². The lowest BCUT2D eigenvalue weighted by Gasteiger charge is -2.23. The molecule has 0 heterocycles. The Morgan fingerprint density at radius 2 is 1.89 bits per heavy atom. The second-order valence-corrected chi connectivity index (χ2v) is 5.54. The number of anilines is 1. The summed E-state index contributed by atoms with van der Waals surface area (Å²) in [7, 11) is 1.75. The van der Waals surface area contributed by atoms with Crippen LogP contribution in [0, 0.1) is 19.8 Å². The highest BCUT2D eigenvalue weighted by atomic mass is 16.5. The molecule has 1 fully saturated rings. The standard InChI is InChI=1S/C16H25NO/c1-12-9-13(2)16(15(10-12)18-3)17-11-14-7-5-4-6-8-14/h9-10,14,17H,4-8,11H2,1-3H3. The summed E-state index contributed by atoms with van der Waals surface area (Å²) in [5.74, 6) is 1.81. The molecule has 0 atom stereocenters. The van der Waals surface area contributed by atoms with Gasteiger partial charge >= 0.3 is 0 Å². The van der Waals surface area contributed by atoms with Crippen molar-refractivity contribution in [2.24, 2.45) is 5.92 Å². The smallest absolute Gasteiger partial charge is 0.142 e. The number of hydrogen-bond donors (Lipinski definition) is 1. The fourth-order valence-electron chi connectivity index (χ4n) is 2.95. The van der Waals surface area contributed by atoms with Crippen LogP contribution >= 0.6 is 0 Å². The van der Waals surface area contributed by atoms with E-state index in [0.29, 0.717) is 0 Å². The van der Waals surface area contributed by atoms with Crippen LogP contribution in [0.5, 0.6) is 5.75 Å². The summed E-state index contributed by atoms with van der Waals surface area (Å²) >= 11 is 0. The SMILES string of the molecule is COc1cc(C)cc(C)c1NCC1CCCCC1. The lowest BCUT2D eigenvalue weighted by molar-refractivity contribution is 0.372. The summed E-state index contributed by atoms with van der Waals surface area (Å²) in [6, 6.07) is 4.32. The molecule has 0 amide bonds. The van der Waals surface area contributed by atoms with Crippen molar-refractivity contribution in [3.05, 3.63) is 23.3 Å². The minimum absolute atomic E-state index is 0.837. The number of hydrogen-bond acceptors (Lipinski definition) is 2. The lowest BCUT2D eigenvalue weighted by atomic mass is 9.89. The molecule has 1 aliphatic rings. The molecule has 2 rings (SSSR count). The van der Waals surface area contributed by atoms with Gasteiger partial charge in [0, 0.05) is 6.54 Å². The molecule has 0 bridgehead atoms. The first-order valence-electron chi connectivity index (χ1n) is 7.10. The van der Waals surface area contributed by atoms with Gasteiger partial charge in [0.1, 0.15) is 5.75 Å². The molecule has 18 heavy (non-hydrogen) atoms. The van der Waals surface area contributed by atoms with Crippen molar-refractivity contribution in [1.82, 2.24) is 0 Å². The third kappa shape index (κ3) is 3.18. The maximum Gasteiger partial charge on any atom is 0.142 e. The van der Waals surface area contributed by atoms with Crippen molar-refractivity contribution in [1.29, 1.82) is 0 Å². The van der Waals surface area contributed by atoms with Gasteiger partial charge in [-0.1, -0.05) is 25.3 Å². The van der Waals surface area contributed by atoms with Crippen molar-refractivity contribution >= 4 is 5.69 Å². The van der Waals surface area contributed by atoms with Gasteiger partial charge in [-0.2, -0.15) is 0 Å². The van der Waals surface area contributed by atoms with E-state index in [0.717, 1.165) is 18.2 Å². The second-order valence-electron chi connectivity index (χ2n) is 5.54. The van der Waals surface area contributed by atoms with E-state index >= 15 is 0 Å². The summed E-state index contributed by atoms with van der Waals surface area (Å²) in [6.07, 6.45) is 6.97. The molecule has 2 nitrogen and oxygen atoms in total. The highest BCUT2D eigenvalue weighted by Crippen LogP contribution is 2.31. The van der Waals surface area contributed by atoms with Crippen LogP contribution in [0.25, 0.3) is 0 Å². The zero-order valence-corrected chi connectivity index (χ0v) is 11.9. The molecule has 0 spiro atoms. The van der Waals surface area contributed by atoms with E-state index in [4.69, 9.17) is 4.74 Å². The van der Waals surface area contributed by atoms with Crippen molar-refractivity contribution < 1.29 is 4.74 Å². The van der Waals surface area contributed by atoms with Gasteiger partial charge in [-0.25, -0.2) is 0 Å². The Hall–Kier alpha value is -1.18. The quantitative estimate of drug-likeness (QED) is 0.856. The highest BCUT2D eigenvalue weighted by molar-refractivity contribution is 5.63. The van der Waals surface area contributed by atoms with Crippen LogP contribution in [0.15, 0.2) is 12.1 Å². The molecule has 2 heteroatoms. The minimum atomic E-state index is 0.837. The Bertz CT molecular complexity index is 394. The normalized spacial score (nSPS) is 16.6. The Morgan fingerprint density at radius 3 is 2.56 bits per heavy atom. The fourth-order valence-corrected chi connectivity index (χ4v) is 2.95. The minimum Gasteiger partial charge on any atom is -0.495 e. The molecule has 0 aliphatic heterocycles. The monoisotopic (exact) mass is 247 g/mol. The van der Waals surface area contributed by atoms with E-state index in [9.17, 15) is 0 Å².